The van der Waals surface area contributed by atoms with Gasteiger partial charge in [-0.2, -0.15) is 13.2 Å². The maximum absolute atomic E-state index is 13.8. The SMILES string of the molecule is CNC(=O)c1csc2c(C(F)(F)F)cc(N3CCC(OC(=O)NC4CC5(COC5)C4)CC3)nc12. The van der Waals surface area contributed by atoms with Crippen molar-refractivity contribution in [2.24, 2.45) is 5.41 Å². The molecule has 4 heterocycles. The van der Waals surface area contributed by atoms with E-state index in [2.05, 4.69) is 15.6 Å². The molecule has 1 spiro atoms. The van der Waals surface area contributed by atoms with Crippen molar-refractivity contribution in [2.75, 3.05) is 38.3 Å². The maximum Gasteiger partial charge on any atom is 0.417 e. The summed E-state index contributed by atoms with van der Waals surface area (Å²) in [6.45, 7) is 2.28. The number of piperidine rings is 1. The molecule has 2 amide bonds. The molecule has 2 saturated heterocycles. The van der Waals surface area contributed by atoms with E-state index >= 15 is 0 Å². The van der Waals surface area contributed by atoms with Crippen LogP contribution in [-0.4, -0.2) is 62.5 Å². The van der Waals surface area contributed by atoms with Gasteiger partial charge in [0.1, 0.15) is 11.9 Å². The molecule has 12 heteroatoms. The molecule has 5 rings (SSSR count). The smallest absolute Gasteiger partial charge is 0.417 e. The molecule has 1 aliphatic carbocycles. The van der Waals surface area contributed by atoms with Crippen LogP contribution in [0.2, 0.25) is 0 Å². The number of nitrogens with zero attached hydrogens (tertiary/aromatic N) is 2. The van der Waals surface area contributed by atoms with Crippen molar-refractivity contribution >= 4 is 39.4 Å². The number of hydrogen-bond donors (Lipinski definition) is 2. The largest absolute Gasteiger partial charge is 0.446 e. The Balaban J connectivity index is 1.24. The molecule has 2 N–H and O–H groups in total. The number of ether oxygens (including phenoxy) is 2. The van der Waals surface area contributed by atoms with Crippen molar-refractivity contribution in [3.05, 3.63) is 22.6 Å². The number of aromatic nitrogens is 1. The lowest BCUT2D eigenvalue weighted by atomic mass is 9.64. The summed E-state index contributed by atoms with van der Waals surface area (Å²) in [5.74, 6) is -0.321. The highest BCUT2D eigenvalue weighted by Gasteiger charge is 2.50. The zero-order chi connectivity index (χ0) is 24.1. The van der Waals surface area contributed by atoms with Crippen molar-refractivity contribution in [3.63, 3.8) is 0 Å². The van der Waals surface area contributed by atoms with Gasteiger partial charge in [0.15, 0.2) is 0 Å². The minimum atomic E-state index is -4.58. The first-order chi connectivity index (χ1) is 16.2. The summed E-state index contributed by atoms with van der Waals surface area (Å²) in [6.07, 6.45) is -2.59. The molecule has 0 aromatic carbocycles. The number of alkyl halides is 3. The third-order valence-corrected chi connectivity index (χ3v) is 7.83. The van der Waals surface area contributed by atoms with Crippen LogP contribution >= 0.6 is 11.3 Å². The van der Waals surface area contributed by atoms with E-state index in [-0.39, 0.29) is 39.2 Å². The number of fused-ring (bicyclic) bond motifs is 1. The van der Waals surface area contributed by atoms with E-state index < -0.39 is 23.7 Å². The van der Waals surface area contributed by atoms with Gasteiger partial charge in [-0.05, 0) is 18.9 Å². The topological polar surface area (TPSA) is 92.8 Å². The molecule has 2 aromatic heterocycles. The van der Waals surface area contributed by atoms with Crippen molar-refractivity contribution in [1.29, 1.82) is 0 Å². The number of thiophene rings is 1. The van der Waals surface area contributed by atoms with Gasteiger partial charge in [-0.3, -0.25) is 4.79 Å². The lowest BCUT2D eigenvalue weighted by Crippen LogP contribution is -2.59. The Kier molecular flexibility index (Phi) is 5.83. The molecule has 184 valence electrons. The van der Waals surface area contributed by atoms with E-state index in [9.17, 15) is 22.8 Å². The zero-order valence-corrected chi connectivity index (χ0v) is 19.4. The second-order valence-corrected chi connectivity index (χ2v) is 10.1. The summed E-state index contributed by atoms with van der Waals surface area (Å²) in [5.41, 5.74) is -0.397. The van der Waals surface area contributed by atoms with Gasteiger partial charge in [-0.25, -0.2) is 9.78 Å². The van der Waals surface area contributed by atoms with Crippen molar-refractivity contribution < 1.29 is 32.2 Å². The second kappa shape index (κ2) is 8.56. The molecule has 2 aliphatic heterocycles. The molecule has 0 bridgehead atoms. The Morgan fingerprint density at radius 2 is 1.97 bits per heavy atom. The molecule has 34 heavy (non-hydrogen) atoms. The van der Waals surface area contributed by atoms with Gasteiger partial charge in [0, 0.05) is 49.8 Å². The van der Waals surface area contributed by atoms with Crippen LogP contribution in [0.5, 0.6) is 0 Å². The number of nitrogens with one attached hydrogen (secondary N) is 2. The zero-order valence-electron chi connectivity index (χ0n) is 18.5. The molecule has 0 unspecified atom stereocenters. The number of carbonyl (C=O) groups excluding carboxylic acids is 2. The summed E-state index contributed by atoms with van der Waals surface area (Å²) in [5, 5.41) is 6.73. The Bertz CT molecular complexity index is 1100. The Hall–Kier alpha value is -2.60. The van der Waals surface area contributed by atoms with Gasteiger partial charge >= 0.3 is 12.3 Å². The third-order valence-electron chi connectivity index (χ3n) is 6.82. The summed E-state index contributed by atoms with van der Waals surface area (Å²) in [7, 11) is 1.42. The van der Waals surface area contributed by atoms with Gasteiger partial charge < -0.3 is 25.0 Å². The number of alkyl carbamates (subject to hydrolysis) is 1. The van der Waals surface area contributed by atoms with Crippen LogP contribution in [0.4, 0.5) is 23.8 Å². The molecule has 0 radical (unpaired) electrons. The highest BCUT2D eigenvalue weighted by atomic mass is 32.1. The van der Waals surface area contributed by atoms with Gasteiger partial charge in [0.05, 0.1) is 34.6 Å². The van der Waals surface area contributed by atoms with Crippen molar-refractivity contribution in [3.8, 4) is 0 Å². The summed E-state index contributed by atoms with van der Waals surface area (Å²) >= 11 is 0.857. The average molecular weight is 499 g/mol. The van der Waals surface area contributed by atoms with Crippen LogP contribution in [0.3, 0.4) is 0 Å². The second-order valence-electron chi connectivity index (χ2n) is 9.27. The van der Waals surface area contributed by atoms with Gasteiger partial charge in [-0.1, -0.05) is 0 Å². The predicted molar refractivity (Wildman–Crippen MR) is 119 cm³/mol. The number of pyridine rings is 1. The molecule has 8 nitrogen and oxygen atoms in total. The van der Waals surface area contributed by atoms with E-state index in [1.54, 1.807) is 4.90 Å². The molecular weight excluding hydrogens is 473 g/mol. The fourth-order valence-corrected chi connectivity index (χ4v) is 5.96. The minimum Gasteiger partial charge on any atom is -0.446 e. The van der Waals surface area contributed by atoms with E-state index in [0.717, 1.165) is 43.5 Å². The summed E-state index contributed by atoms with van der Waals surface area (Å²) < 4.78 is 52.0. The monoisotopic (exact) mass is 498 g/mol. The third kappa shape index (κ3) is 4.28. The van der Waals surface area contributed by atoms with E-state index in [1.807, 2.05) is 0 Å². The molecule has 3 aliphatic rings. The number of halogens is 3. The first-order valence-electron chi connectivity index (χ1n) is 11.2. The lowest BCUT2D eigenvalue weighted by molar-refractivity contribution is -0.166. The molecule has 1 saturated carbocycles. The van der Waals surface area contributed by atoms with E-state index in [0.29, 0.717) is 25.9 Å². The Morgan fingerprint density at radius 1 is 1.26 bits per heavy atom. The molecular formula is C22H25F3N4O4S. The standard InChI is InChI=1S/C22H25F3N4O4S/c1-26-19(30)14-9-34-18-15(22(23,24)25)6-16(28-17(14)18)29-4-2-13(3-5-29)33-20(31)27-12-7-21(8-12)10-32-11-21/h6,9,12-13H,2-5,7-8,10-11H2,1H3,(H,26,30)(H,27,31). The van der Waals surface area contributed by atoms with Crippen LogP contribution in [0.1, 0.15) is 41.6 Å². The summed E-state index contributed by atoms with van der Waals surface area (Å²) in [6, 6.07) is 1.14. The number of carbonyl (C=O) groups is 2. The van der Waals surface area contributed by atoms with Crippen LogP contribution in [0, 0.1) is 5.41 Å². The maximum atomic E-state index is 13.8. The van der Waals surface area contributed by atoms with Gasteiger partial charge in [0.25, 0.3) is 5.91 Å². The van der Waals surface area contributed by atoms with Crippen LogP contribution < -0.4 is 15.5 Å². The highest BCUT2D eigenvalue weighted by Crippen LogP contribution is 2.47. The predicted octanol–water partition coefficient (Wildman–Crippen LogP) is 3.55. The minimum absolute atomic E-state index is 0.0436. The number of hydrogen-bond acceptors (Lipinski definition) is 7. The fourth-order valence-electron chi connectivity index (χ4n) is 4.93. The lowest BCUT2D eigenvalue weighted by Gasteiger charge is -2.53. The van der Waals surface area contributed by atoms with Gasteiger partial charge in [-0.15, -0.1) is 11.3 Å². The van der Waals surface area contributed by atoms with Crippen molar-refractivity contribution in [1.82, 2.24) is 15.6 Å². The Morgan fingerprint density at radius 3 is 2.56 bits per heavy atom. The summed E-state index contributed by atoms with van der Waals surface area (Å²) in [4.78, 5) is 30.5. The van der Waals surface area contributed by atoms with Crippen LogP contribution in [0.25, 0.3) is 10.2 Å². The van der Waals surface area contributed by atoms with Crippen LogP contribution in [-0.2, 0) is 15.7 Å². The quantitative estimate of drug-likeness (QED) is 0.670. The highest BCUT2D eigenvalue weighted by molar-refractivity contribution is 7.17. The fraction of sp³-hybridized carbons (Fsp3) is 0.591. The van der Waals surface area contributed by atoms with Crippen LogP contribution in [0.15, 0.2) is 11.4 Å². The normalized spacial score (nSPS) is 20.6. The number of amides is 2. The van der Waals surface area contributed by atoms with E-state index in [1.165, 1.54) is 12.4 Å². The molecule has 0 atom stereocenters. The molecule has 3 fully saturated rings. The first-order valence-corrected chi connectivity index (χ1v) is 12.1. The Labute approximate surface area is 197 Å². The first kappa shape index (κ1) is 23.2. The number of anilines is 1. The number of rotatable bonds is 4. The average Bonchev–Trinajstić information content (AvgIpc) is 3.17. The van der Waals surface area contributed by atoms with Gasteiger partial charge in [0.2, 0.25) is 0 Å². The van der Waals surface area contributed by atoms with E-state index in [4.69, 9.17) is 9.47 Å². The van der Waals surface area contributed by atoms with Crippen molar-refractivity contribution in [2.45, 2.75) is 44.0 Å². The molecule has 2 aromatic rings.